The Morgan fingerprint density at radius 3 is 2.75 bits per heavy atom. The zero-order valence-corrected chi connectivity index (χ0v) is 17.4. The second-order valence-electron chi connectivity index (χ2n) is 6.69. The molecule has 1 aromatic heterocycles. The first-order valence-electron chi connectivity index (χ1n) is 9.16. The molecule has 28 heavy (non-hydrogen) atoms. The van der Waals surface area contributed by atoms with Crippen molar-refractivity contribution in [1.29, 1.82) is 0 Å². The monoisotopic (exact) mass is 431 g/mol. The number of hydrogen-bond acceptors (Lipinski definition) is 3. The van der Waals surface area contributed by atoms with Crippen LogP contribution in [0.5, 0.6) is 0 Å². The molecule has 3 aromatic rings. The molecular weight excluding hydrogens is 413 g/mol. The standard InChI is InChI=1S/C20H19Cl2N5S/c21-14-8-9-17(16(22)12-14)24-20(28)23-15-6-4-5-13(11-15)19-26-25-18-7-2-1-3-10-27(18)19/h4-6,8-9,11-12H,1-3,7,10H2,(H2,23,24,28). The molecule has 5 nitrogen and oxygen atoms in total. The molecule has 2 heterocycles. The SMILES string of the molecule is S=C(Nc1cccc(-c2nnc3n2CCCCC3)c1)Nc1ccc(Cl)cc1Cl. The zero-order valence-electron chi connectivity index (χ0n) is 15.1. The second-order valence-corrected chi connectivity index (χ2v) is 7.94. The van der Waals surface area contributed by atoms with Crippen molar-refractivity contribution in [3.63, 3.8) is 0 Å². The Morgan fingerprint density at radius 1 is 1.00 bits per heavy atom. The predicted molar refractivity (Wildman–Crippen MR) is 119 cm³/mol. The van der Waals surface area contributed by atoms with Crippen molar-refractivity contribution in [2.75, 3.05) is 10.6 Å². The molecule has 0 radical (unpaired) electrons. The number of fused-ring (bicyclic) bond motifs is 1. The number of aromatic nitrogens is 3. The Bertz CT molecular complexity index is 1020. The molecule has 1 aliphatic rings. The molecule has 2 aromatic carbocycles. The van der Waals surface area contributed by atoms with E-state index in [9.17, 15) is 0 Å². The van der Waals surface area contributed by atoms with Crippen molar-refractivity contribution in [2.24, 2.45) is 0 Å². The summed E-state index contributed by atoms with van der Waals surface area (Å²) in [6.45, 7) is 0.963. The summed E-state index contributed by atoms with van der Waals surface area (Å²) in [5.74, 6) is 1.97. The van der Waals surface area contributed by atoms with Gasteiger partial charge < -0.3 is 15.2 Å². The minimum Gasteiger partial charge on any atom is -0.332 e. The van der Waals surface area contributed by atoms with Crippen molar-refractivity contribution in [2.45, 2.75) is 32.2 Å². The molecule has 0 amide bonds. The van der Waals surface area contributed by atoms with E-state index in [2.05, 4.69) is 25.4 Å². The molecule has 2 N–H and O–H groups in total. The maximum atomic E-state index is 6.20. The molecule has 1 aliphatic heterocycles. The molecule has 0 saturated heterocycles. The molecule has 0 aliphatic carbocycles. The van der Waals surface area contributed by atoms with Gasteiger partial charge in [0.1, 0.15) is 5.82 Å². The normalized spacial score (nSPS) is 13.5. The molecule has 8 heteroatoms. The molecular formula is C20H19Cl2N5S. The lowest BCUT2D eigenvalue weighted by Crippen LogP contribution is -2.19. The van der Waals surface area contributed by atoms with Gasteiger partial charge in [-0.2, -0.15) is 0 Å². The summed E-state index contributed by atoms with van der Waals surface area (Å²) < 4.78 is 2.23. The quantitative estimate of drug-likeness (QED) is 0.514. The van der Waals surface area contributed by atoms with Crippen LogP contribution < -0.4 is 10.6 Å². The Kier molecular flexibility index (Phi) is 5.80. The number of rotatable bonds is 3. The lowest BCUT2D eigenvalue weighted by atomic mass is 10.2. The van der Waals surface area contributed by atoms with Gasteiger partial charge in [0.05, 0.1) is 10.7 Å². The van der Waals surface area contributed by atoms with Crippen LogP contribution in [0.15, 0.2) is 42.5 Å². The van der Waals surface area contributed by atoms with E-state index in [0.29, 0.717) is 20.8 Å². The van der Waals surface area contributed by atoms with E-state index in [1.54, 1.807) is 18.2 Å². The van der Waals surface area contributed by atoms with Gasteiger partial charge in [0, 0.05) is 29.2 Å². The molecule has 0 spiro atoms. The first kappa shape index (κ1) is 19.2. The largest absolute Gasteiger partial charge is 0.332 e. The van der Waals surface area contributed by atoms with Crippen LogP contribution in [-0.2, 0) is 13.0 Å². The van der Waals surface area contributed by atoms with E-state index >= 15 is 0 Å². The lowest BCUT2D eigenvalue weighted by molar-refractivity contribution is 0.636. The van der Waals surface area contributed by atoms with Crippen LogP contribution in [0.25, 0.3) is 11.4 Å². The summed E-state index contributed by atoms with van der Waals surface area (Å²) >= 11 is 17.6. The first-order valence-corrected chi connectivity index (χ1v) is 10.3. The van der Waals surface area contributed by atoms with E-state index in [1.165, 1.54) is 12.8 Å². The minimum atomic E-state index is 0.446. The molecule has 0 saturated carbocycles. The fraction of sp³-hybridized carbons (Fsp3) is 0.250. The topological polar surface area (TPSA) is 54.8 Å². The van der Waals surface area contributed by atoms with E-state index in [4.69, 9.17) is 35.4 Å². The fourth-order valence-corrected chi connectivity index (χ4v) is 3.99. The molecule has 0 bridgehead atoms. The van der Waals surface area contributed by atoms with Gasteiger partial charge in [-0.15, -0.1) is 10.2 Å². The number of aryl methyl sites for hydroxylation is 1. The Labute approximate surface area is 179 Å². The number of nitrogens with one attached hydrogen (secondary N) is 2. The van der Waals surface area contributed by atoms with Gasteiger partial charge in [0.25, 0.3) is 0 Å². The third-order valence-electron chi connectivity index (χ3n) is 4.67. The van der Waals surface area contributed by atoms with Crippen molar-refractivity contribution in [3.8, 4) is 11.4 Å². The Balaban J connectivity index is 1.51. The maximum absolute atomic E-state index is 6.20. The highest BCUT2D eigenvalue weighted by Crippen LogP contribution is 2.27. The number of halogens is 2. The third-order valence-corrected chi connectivity index (χ3v) is 5.42. The summed E-state index contributed by atoms with van der Waals surface area (Å²) in [6.07, 6.45) is 4.55. The van der Waals surface area contributed by atoms with Crippen LogP contribution in [0, 0.1) is 0 Å². The Morgan fingerprint density at radius 2 is 1.89 bits per heavy atom. The van der Waals surface area contributed by atoms with E-state index in [0.717, 1.165) is 42.3 Å². The zero-order chi connectivity index (χ0) is 19.5. The molecule has 0 unspecified atom stereocenters. The van der Waals surface area contributed by atoms with Gasteiger partial charge in [-0.1, -0.05) is 41.8 Å². The van der Waals surface area contributed by atoms with Gasteiger partial charge in [-0.05, 0) is 55.4 Å². The minimum absolute atomic E-state index is 0.446. The smallest absolute Gasteiger partial charge is 0.175 e. The maximum Gasteiger partial charge on any atom is 0.175 e. The van der Waals surface area contributed by atoms with Crippen LogP contribution in [-0.4, -0.2) is 19.9 Å². The fourth-order valence-electron chi connectivity index (χ4n) is 3.31. The number of hydrogen-bond donors (Lipinski definition) is 2. The van der Waals surface area contributed by atoms with Crippen LogP contribution in [0.3, 0.4) is 0 Å². The Hall–Kier alpha value is -2.15. The third kappa shape index (κ3) is 4.29. The summed E-state index contributed by atoms with van der Waals surface area (Å²) in [6, 6.07) is 13.2. The average molecular weight is 432 g/mol. The summed E-state index contributed by atoms with van der Waals surface area (Å²) in [4.78, 5) is 0. The van der Waals surface area contributed by atoms with Gasteiger partial charge in [0.15, 0.2) is 10.9 Å². The van der Waals surface area contributed by atoms with Gasteiger partial charge in [-0.25, -0.2) is 0 Å². The van der Waals surface area contributed by atoms with Crippen molar-refractivity contribution in [1.82, 2.24) is 14.8 Å². The van der Waals surface area contributed by atoms with Crippen LogP contribution in [0.4, 0.5) is 11.4 Å². The molecule has 4 rings (SSSR count). The van der Waals surface area contributed by atoms with Crippen molar-refractivity contribution in [3.05, 3.63) is 58.3 Å². The summed E-state index contributed by atoms with van der Waals surface area (Å²) in [5.41, 5.74) is 2.58. The van der Waals surface area contributed by atoms with Gasteiger partial charge in [-0.3, -0.25) is 0 Å². The van der Waals surface area contributed by atoms with Crippen LogP contribution in [0.1, 0.15) is 25.1 Å². The molecule has 0 atom stereocenters. The second kappa shape index (κ2) is 8.47. The summed E-state index contributed by atoms with van der Waals surface area (Å²) in [5, 5.41) is 16.6. The average Bonchev–Trinajstić information content (AvgIpc) is 2.93. The highest BCUT2D eigenvalue weighted by molar-refractivity contribution is 7.80. The van der Waals surface area contributed by atoms with E-state index in [-0.39, 0.29) is 0 Å². The molecule has 144 valence electrons. The number of anilines is 2. The van der Waals surface area contributed by atoms with Crippen molar-refractivity contribution < 1.29 is 0 Å². The number of thiocarbonyl (C=S) groups is 1. The number of benzene rings is 2. The van der Waals surface area contributed by atoms with Crippen molar-refractivity contribution >= 4 is 51.9 Å². The first-order chi connectivity index (χ1) is 13.6. The van der Waals surface area contributed by atoms with E-state index < -0.39 is 0 Å². The lowest BCUT2D eigenvalue weighted by Gasteiger charge is -2.13. The number of nitrogens with zero attached hydrogens (tertiary/aromatic N) is 3. The van der Waals surface area contributed by atoms with Gasteiger partial charge in [0.2, 0.25) is 0 Å². The highest BCUT2D eigenvalue weighted by Gasteiger charge is 2.16. The van der Waals surface area contributed by atoms with E-state index in [1.807, 2.05) is 24.3 Å². The van der Waals surface area contributed by atoms with Gasteiger partial charge >= 0.3 is 0 Å². The predicted octanol–water partition coefficient (Wildman–Crippen LogP) is 5.79. The molecule has 0 fully saturated rings. The summed E-state index contributed by atoms with van der Waals surface area (Å²) in [7, 11) is 0. The van der Waals surface area contributed by atoms with Crippen LogP contribution >= 0.6 is 35.4 Å². The highest BCUT2D eigenvalue weighted by atomic mass is 35.5. The van der Waals surface area contributed by atoms with Crippen LogP contribution in [0.2, 0.25) is 10.0 Å².